The Labute approximate surface area is 226 Å². The molecule has 206 valence electrons. The average molecular weight is 557 g/mol. The number of benzene rings is 3. The number of anilines is 1. The van der Waals surface area contributed by atoms with E-state index in [1.807, 2.05) is 0 Å². The lowest BCUT2D eigenvalue weighted by atomic mass is 9.84. The molecule has 2 aliphatic heterocycles. The summed E-state index contributed by atoms with van der Waals surface area (Å²) in [7, 11) is -2.42. The maximum atomic E-state index is 13.4. The number of nitrogens with one attached hydrogen (secondary N) is 2. The number of aliphatic hydroxyl groups excluding tert-OH is 1. The molecule has 2 heterocycles. The Morgan fingerprint density at radius 2 is 1.95 bits per heavy atom. The molecule has 3 aromatic rings. The molecule has 0 saturated carbocycles. The number of methoxy groups -OCH3 is 1. The lowest BCUT2D eigenvalue weighted by molar-refractivity contribution is -0.142. The predicted octanol–water partition coefficient (Wildman–Crippen LogP) is 3.34. The molecule has 3 N–H and O–H groups in total. The van der Waals surface area contributed by atoms with Gasteiger partial charge in [0.15, 0.2) is 0 Å². The molecule has 0 spiro atoms. The van der Waals surface area contributed by atoms with Gasteiger partial charge in [-0.2, -0.15) is 0 Å². The minimum atomic E-state index is -3.88. The van der Waals surface area contributed by atoms with Crippen LogP contribution in [0.25, 0.3) is 0 Å². The van der Waals surface area contributed by atoms with Crippen LogP contribution in [0.4, 0.5) is 10.1 Å². The smallest absolute Gasteiger partial charge is 0.262 e. The first-order valence-electron chi connectivity index (χ1n) is 12.5. The fraction of sp³-hybridized carbons (Fsp3) is 0.321. The number of hydrogen-bond donors (Lipinski definition) is 3. The summed E-state index contributed by atoms with van der Waals surface area (Å²) in [5.74, 6) is 0.143. The number of aliphatic hydroxyl groups is 1. The van der Waals surface area contributed by atoms with Gasteiger partial charge in [0.25, 0.3) is 10.0 Å². The van der Waals surface area contributed by atoms with Gasteiger partial charge in [-0.1, -0.05) is 18.2 Å². The molecule has 3 aromatic carbocycles. The first-order chi connectivity index (χ1) is 18.8. The minimum Gasteiger partial charge on any atom is -0.497 e. The van der Waals surface area contributed by atoms with Crippen LogP contribution in [-0.2, 0) is 26.1 Å². The maximum absolute atomic E-state index is 13.4. The summed E-state index contributed by atoms with van der Waals surface area (Å²) in [4.78, 5) is 12.7. The van der Waals surface area contributed by atoms with Crippen molar-refractivity contribution in [2.45, 2.75) is 48.5 Å². The van der Waals surface area contributed by atoms with Crippen LogP contribution in [0.3, 0.4) is 0 Å². The fourth-order valence-corrected chi connectivity index (χ4v) is 6.15. The molecule has 0 radical (unpaired) electrons. The van der Waals surface area contributed by atoms with E-state index in [-0.39, 0.29) is 42.1 Å². The molecule has 0 aliphatic carbocycles. The van der Waals surface area contributed by atoms with E-state index in [1.165, 1.54) is 31.4 Å². The number of amides is 1. The Hall–Kier alpha value is -3.67. The number of ether oxygens (including phenoxy) is 3. The Bertz CT molecular complexity index is 1470. The Morgan fingerprint density at radius 3 is 2.72 bits per heavy atom. The van der Waals surface area contributed by atoms with Crippen molar-refractivity contribution in [3.05, 3.63) is 83.7 Å². The van der Waals surface area contributed by atoms with Crippen molar-refractivity contribution in [1.29, 1.82) is 0 Å². The van der Waals surface area contributed by atoms with Crippen LogP contribution < -0.4 is 19.5 Å². The molecular formula is C28H29FN2O7S. The molecule has 39 heavy (non-hydrogen) atoms. The first kappa shape index (κ1) is 26.9. The SMILES string of the molecule is COc1cccc(S(=O)(=O)Nc2ccc3c(c2)[C@H]2C[C@H](CC(=O)NCc4cccc(F)c4)O[C@H](CO)[C@H]2O3)c1. The zero-order valence-corrected chi connectivity index (χ0v) is 22.0. The lowest BCUT2D eigenvalue weighted by Gasteiger charge is -2.37. The van der Waals surface area contributed by atoms with Crippen LogP contribution in [0.1, 0.15) is 29.9 Å². The molecule has 0 bridgehead atoms. The Balaban J connectivity index is 1.29. The van der Waals surface area contributed by atoms with E-state index in [0.29, 0.717) is 29.2 Å². The van der Waals surface area contributed by atoms with E-state index < -0.39 is 28.3 Å². The second kappa shape index (κ2) is 11.2. The van der Waals surface area contributed by atoms with Gasteiger partial charge in [-0.25, -0.2) is 12.8 Å². The van der Waals surface area contributed by atoms with Gasteiger partial charge < -0.3 is 24.6 Å². The second-order valence-electron chi connectivity index (χ2n) is 9.55. The van der Waals surface area contributed by atoms with Crippen molar-refractivity contribution in [1.82, 2.24) is 5.32 Å². The number of rotatable bonds is 9. The van der Waals surface area contributed by atoms with Gasteiger partial charge in [-0.15, -0.1) is 0 Å². The number of carbonyl (C=O) groups excluding carboxylic acids is 1. The van der Waals surface area contributed by atoms with E-state index in [4.69, 9.17) is 14.2 Å². The van der Waals surface area contributed by atoms with Crippen molar-refractivity contribution in [2.75, 3.05) is 18.4 Å². The molecule has 2 aliphatic rings. The Kier molecular flexibility index (Phi) is 7.74. The molecule has 11 heteroatoms. The van der Waals surface area contributed by atoms with Gasteiger partial charge >= 0.3 is 0 Å². The number of sulfonamides is 1. The highest BCUT2D eigenvalue weighted by Gasteiger charge is 2.46. The summed E-state index contributed by atoms with van der Waals surface area (Å²) < 4.78 is 59.2. The van der Waals surface area contributed by atoms with Gasteiger partial charge in [0, 0.05) is 29.8 Å². The standard InChI is InChI=1S/C28H29FN2O7S/c1-36-20-6-3-7-22(12-20)39(34,35)31-19-8-9-25-23(11-19)24-13-21(37-26(16-32)28(24)38-25)14-27(33)30-15-17-4-2-5-18(29)10-17/h2-12,21,24,26,28,31-32H,13-16H2,1H3,(H,30,33)/t21-,24-,26-,28+/m1/s1. The molecule has 1 fully saturated rings. The van der Waals surface area contributed by atoms with Crippen molar-refractivity contribution < 1.29 is 36.9 Å². The highest BCUT2D eigenvalue weighted by Crippen LogP contribution is 2.47. The molecule has 1 amide bonds. The third-order valence-electron chi connectivity index (χ3n) is 6.89. The van der Waals surface area contributed by atoms with E-state index in [9.17, 15) is 22.7 Å². The van der Waals surface area contributed by atoms with E-state index in [1.54, 1.807) is 42.5 Å². The van der Waals surface area contributed by atoms with Gasteiger partial charge in [-0.05, 0) is 54.4 Å². The third kappa shape index (κ3) is 6.00. The van der Waals surface area contributed by atoms with Crippen molar-refractivity contribution in [3.63, 3.8) is 0 Å². The Morgan fingerprint density at radius 1 is 1.13 bits per heavy atom. The summed E-state index contributed by atoms with van der Waals surface area (Å²) in [5, 5.41) is 12.8. The van der Waals surface area contributed by atoms with Crippen LogP contribution in [-0.4, -0.2) is 51.5 Å². The van der Waals surface area contributed by atoms with Gasteiger partial charge in [0.2, 0.25) is 5.91 Å². The largest absolute Gasteiger partial charge is 0.497 e. The zero-order valence-electron chi connectivity index (χ0n) is 21.2. The fourth-order valence-electron chi connectivity index (χ4n) is 5.06. The lowest BCUT2D eigenvalue weighted by Crippen LogP contribution is -2.47. The third-order valence-corrected chi connectivity index (χ3v) is 8.27. The van der Waals surface area contributed by atoms with Crippen LogP contribution in [0.5, 0.6) is 11.5 Å². The number of carbonyl (C=O) groups is 1. The van der Waals surface area contributed by atoms with Crippen molar-refractivity contribution in [2.24, 2.45) is 0 Å². The average Bonchev–Trinajstić information content (AvgIpc) is 3.29. The second-order valence-corrected chi connectivity index (χ2v) is 11.2. The van der Waals surface area contributed by atoms with Gasteiger partial charge in [0.1, 0.15) is 29.5 Å². The van der Waals surface area contributed by atoms with Crippen LogP contribution in [0.15, 0.2) is 71.6 Å². The van der Waals surface area contributed by atoms with Crippen LogP contribution >= 0.6 is 0 Å². The summed E-state index contributed by atoms with van der Waals surface area (Å²) >= 11 is 0. The molecule has 0 unspecified atom stereocenters. The topological polar surface area (TPSA) is 123 Å². The summed E-state index contributed by atoms with van der Waals surface area (Å²) in [6.07, 6.45) is -1.14. The summed E-state index contributed by atoms with van der Waals surface area (Å²) in [6, 6.07) is 17.2. The zero-order chi connectivity index (χ0) is 27.6. The maximum Gasteiger partial charge on any atom is 0.262 e. The highest BCUT2D eigenvalue weighted by atomic mass is 32.2. The van der Waals surface area contributed by atoms with Gasteiger partial charge in [-0.3, -0.25) is 9.52 Å². The summed E-state index contributed by atoms with van der Waals surface area (Å²) in [5.41, 5.74) is 1.78. The minimum absolute atomic E-state index is 0.0481. The highest BCUT2D eigenvalue weighted by molar-refractivity contribution is 7.92. The normalized spacial score (nSPS) is 21.8. The first-order valence-corrected chi connectivity index (χ1v) is 14.0. The molecular weight excluding hydrogens is 527 g/mol. The number of hydrogen-bond acceptors (Lipinski definition) is 7. The number of halogens is 1. The number of fused-ring (bicyclic) bond motifs is 3. The predicted molar refractivity (Wildman–Crippen MR) is 141 cm³/mol. The van der Waals surface area contributed by atoms with E-state index >= 15 is 0 Å². The quantitative estimate of drug-likeness (QED) is 0.370. The monoisotopic (exact) mass is 556 g/mol. The molecule has 9 nitrogen and oxygen atoms in total. The van der Waals surface area contributed by atoms with Crippen molar-refractivity contribution in [3.8, 4) is 11.5 Å². The molecule has 5 rings (SSSR count). The van der Waals surface area contributed by atoms with Crippen LogP contribution in [0.2, 0.25) is 0 Å². The van der Waals surface area contributed by atoms with Crippen molar-refractivity contribution >= 4 is 21.6 Å². The van der Waals surface area contributed by atoms with Crippen LogP contribution in [0, 0.1) is 5.82 Å². The molecule has 4 atom stereocenters. The summed E-state index contributed by atoms with van der Waals surface area (Å²) in [6.45, 7) is -0.118. The van der Waals surface area contributed by atoms with Gasteiger partial charge in [0.05, 0.1) is 31.1 Å². The molecule has 0 aromatic heterocycles. The molecule has 1 saturated heterocycles. The van der Waals surface area contributed by atoms with E-state index in [2.05, 4.69) is 10.0 Å². The van der Waals surface area contributed by atoms with E-state index in [0.717, 1.165) is 5.56 Å².